The van der Waals surface area contributed by atoms with Crippen LogP contribution in [0.1, 0.15) is 17.3 Å². The second-order valence-electron chi connectivity index (χ2n) is 5.31. The fourth-order valence-electron chi connectivity index (χ4n) is 2.34. The molecule has 2 aromatic carbocycles. The van der Waals surface area contributed by atoms with Gasteiger partial charge in [-0.25, -0.2) is 4.79 Å². The number of nitrogens with zero attached hydrogens (tertiary/aromatic N) is 2. The standard InChI is InChI=1S/C19H17N3O4/c1-2-25-17-6-4-3-5-15(17)22-18(23)12-26-19(24)13-7-8-14-16(11-13)21-10-9-20-14/h3-11H,2,12H2,1H3,(H,22,23). The lowest BCUT2D eigenvalue weighted by atomic mass is 10.2. The van der Waals surface area contributed by atoms with Crippen molar-refractivity contribution in [2.24, 2.45) is 0 Å². The quantitative estimate of drug-likeness (QED) is 0.687. The Labute approximate surface area is 150 Å². The summed E-state index contributed by atoms with van der Waals surface area (Å²) >= 11 is 0. The van der Waals surface area contributed by atoms with Gasteiger partial charge in [-0.15, -0.1) is 0 Å². The lowest BCUT2D eigenvalue weighted by molar-refractivity contribution is -0.119. The highest BCUT2D eigenvalue weighted by Crippen LogP contribution is 2.23. The zero-order valence-corrected chi connectivity index (χ0v) is 14.1. The third-order valence-electron chi connectivity index (χ3n) is 3.50. The number of carbonyl (C=O) groups is 2. The van der Waals surface area contributed by atoms with Crippen molar-refractivity contribution in [2.75, 3.05) is 18.5 Å². The van der Waals surface area contributed by atoms with Gasteiger partial charge in [-0.1, -0.05) is 12.1 Å². The van der Waals surface area contributed by atoms with Crippen molar-refractivity contribution in [2.45, 2.75) is 6.92 Å². The molecule has 0 saturated carbocycles. The fraction of sp³-hybridized carbons (Fsp3) is 0.158. The predicted octanol–water partition coefficient (Wildman–Crippen LogP) is 2.82. The van der Waals surface area contributed by atoms with E-state index in [9.17, 15) is 9.59 Å². The van der Waals surface area contributed by atoms with Crippen molar-refractivity contribution in [3.8, 4) is 5.75 Å². The summed E-state index contributed by atoms with van der Waals surface area (Å²) in [6.45, 7) is 1.93. The van der Waals surface area contributed by atoms with Crippen LogP contribution in [0.2, 0.25) is 0 Å². The van der Waals surface area contributed by atoms with Crippen LogP contribution in [0.15, 0.2) is 54.9 Å². The number of fused-ring (bicyclic) bond motifs is 1. The van der Waals surface area contributed by atoms with Gasteiger partial charge in [0, 0.05) is 12.4 Å². The van der Waals surface area contributed by atoms with Gasteiger partial charge in [-0.2, -0.15) is 0 Å². The molecule has 7 nitrogen and oxygen atoms in total. The minimum Gasteiger partial charge on any atom is -0.492 e. The number of hydrogen-bond donors (Lipinski definition) is 1. The molecular weight excluding hydrogens is 334 g/mol. The van der Waals surface area contributed by atoms with Gasteiger partial charge in [0.15, 0.2) is 6.61 Å². The zero-order valence-electron chi connectivity index (χ0n) is 14.1. The lowest BCUT2D eigenvalue weighted by Crippen LogP contribution is -2.21. The molecule has 1 amide bonds. The summed E-state index contributed by atoms with van der Waals surface area (Å²) in [5.41, 5.74) is 2.09. The van der Waals surface area contributed by atoms with Crippen LogP contribution >= 0.6 is 0 Å². The normalized spacial score (nSPS) is 10.3. The molecule has 7 heteroatoms. The Balaban J connectivity index is 1.61. The van der Waals surface area contributed by atoms with E-state index in [-0.39, 0.29) is 0 Å². The van der Waals surface area contributed by atoms with Gasteiger partial charge in [0.25, 0.3) is 5.91 Å². The molecule has 3 aromatic rings. The van der Waals surface area contributed by atoms with Crippen molar-refractivity contribution >= 4 is 28.6 Å². The van der Waals surface area contributed by atoms with E-state index in [2.05, 4.69) is 15.3 Å². The van der Waals surface area contributed by atoms with Crippen LogP contribution in [0.4, 0.5) is 5.69 Å². The minimum absolute atomic E-state index is 0.306. The molecule has 0 spiro atoms. The van der Waals surface area contributed by atoms with Gasteiger partial charge in [-0.3, -0.25) is 14.8 Å². The van der Waals surface area contributed by atoms with Gasteiger partial charge in [0.05, 0.1) is 28.9 Å². The number of carbonyl (C=O) groups excluding carboxylic acids is 2. The summed E-state index contributed by atoms with van der Waals surface area (Å²) in [6, 6.07) is 11.9. The highest BCUT2D eigenvalue weighted by molar-refractivity contribution is 5.97. The SMILES string of the molecule is CCOc1ccccc1NC(=O)COC(=O)c1ccc2nccnc2c1. The Morgan fingerprint density at radius 2 is 1.81 bits per heavy atom. The molecule has 0 saturated heterocycles. The van der Waals surface area contributed by atoms with Crippen molar-refractivity contribution < 1.29 is 19.1 Å². The van der Waals surface area contributed by atoms with Crippen molar-refractivity contribution in [3.05, 3.63) is 60.4 Å². The van der Waals surface area contributed by atoms with Gasteiger partial charge in [0.1, 0.15) is 5.75 Å². The molecule has 0 atom stereocenters. The number of rotatable bonds is 6. The second-order valence-corrected chi connectivity index (χ2v) is 5.31. The summed E-state index contributed by atoms with van der Waals surface area (Å²) in [4.78, 5) is 32.5. The number of ether oxygens (including phenoxy) is 2. The van der Waals surface area contributed by atoms with Gasteiger partial charge in [0.2, 0.25) is 0 Å². The number of nitrogens with one attached hydrogen (secondary N) is 1. The maximum Gasteiger partial charge on any atom is 0.338 e. The maximum atomic E-state index is 12.1. The van der Waals surface area contributed by atoms with E-state index >= 15 is 0 Å². The van der Waals surface area contributed by atoms with Gasteiger partial charge >= 0.3 is 5.97 Å². The van der Waals surface area contributed by atoms with Gasteiger partial charge in [-0.05, 0) is 37.3 Å². The Bertz CT molecular complexity index is 943. The van der Waals surface area contributed by atoms with Crippen LogP contribution in [0.3, 0.4) is 0 Å². The fourth-order valence-corrected chi connectivity index (χ4v) is 2.34. The molecule has 3 rings (SSSR count). The largest absolute Gasteiger partial charge is 0.492 e. The first-order chi connectivity index (χ1) is 12.7. The summed E-state index contributed by atoms with van der Waals surface area (Å²) in [7, 11) is 0. The van der Waals surface area contributed by atoms with Crippen LogP contribution in [0.25, 0.3) is 11.0 Å². The number of amides is 1. The van der Waals surface area contributed by atoms with Crippen molar-refractivity contribution in [3.63, 3.8) is 0 Å². The molecule has 0 bridgehead atoms. The highest BCUT2D eigenvalue weighted by Gasteiger charge is 2.13. The first kappa shape index (κ1) is 17.3. The number of aromatic nitrogens is 2. The summed E-state index contributed by atoms with van der Waals surface area (Å²) < 4.78 is 10.5. The van der Waals surface area contributed by atoms with E-state index in [4.69, 9.17) is 9.47 Å². The van der Waals surface area contributed by atoms with Crippen LogP contribution in [-0.4, -0.2) is 35.1 Å². The molecular formula is C19H17N3O4. The molecule has 1 N–H and O–H groups in total. The van der Waals surface area contributed by atoms with Crippen LogP contribution in [0, 0.1) is 0 Å². The van der Waals surface area contributed by atoms with E-state index in [0.717, 1.165) is 0 Å². The highest BCUT2D eigenvalue weighted by atomic mass is 16.5. The molecule has 0 aliphatic rings. The third kappa shape index (κ3) is 4.13. The Hall–Kier alpha value is -3.48. The monoisotopic (exact) mass is 351 g/mol. The van der Waals surface area contributed by atoms with E-state index in [1.165, 1.54) is 0 Å². The molecule has 0 fully saturated rings. The number of hydrogen-bond acceptors (Lipinski definition) is 6. The predicted molar refractivity (Wildman–Crippen MR) is 96.1 cm³/mol. The van der Waals surface area contributed by atoms with Crippen LogP contribution < -0.4 is 10.1 Å². The molecule has 0 radical (unpaired) electrons. The van der Waals surface area contributed by atoms with E-state index in [0.29, 0.717) is 34.6 Å². The van der Waals surface area contributed by atoms with Crippen LogP contribution in [0.5, 0.6) is 5.75 Å². The average Bonchev–Trinajstić information content (AvgIpc) is 2.67. The van der Waals surface area contributed by atoms with E-state index in [1.807, 2.05) is 13.0 Å². The minimum atomic E-state index is -0.606. The summed E-state index contributed by atoms with van der Waals surface area (Å²) in [5.74, 6) is -0.500. The number of anilines is 1. The molecule has 26 heavy (non-hydrogen) atoms. The smallest absolute Gasteiger partial charge is 0.338 e. The summed E-state index contributed by atoms with van der Waals surface area (Å²) in [6.07, 6.45) is 3.12. The molecule has 0 aliphatic carbocycles. The van der Waals surface area contributed by atoms with Crippen molar-refractivity contribution in [1.29, 1.82) is 0 Å². The topological polar surface area (TPSA) is 90.4 Å². The molecule has 1 heterocycles. The zero-order chi connectivity index (χ0) is 18.4. The lowest BCUT2D eigenvalue weighted by Gasteiger charge is -2.11. The summed E-state index contributed by atoms with van der Waals surface area (Å²) in [5, 5.41) is 2.67. The number of benzene rings is 2. The van der Waals surface area contributed by atoms with E-state index < -0.39 is 18.5 Å². The third-order valence-corrected chi connectivity index (χ3v) is 3.50. The first-order valence-corrected chi connectivity index (χ1v) is 8.07. The van der Waals surface area contributed by atoms with Crippen LogP contribution in [-0.2, 0) is 9.53 Å². The van der Waals surface area contributed by atoms with Gasteiger partial charge < -0.3 is 14.8 Å². The molecule has 132 valence electrons. The maximum absolute atomic E-state index is 12.1. The average molecular weight is 351 g/mol. The van der Waals surface area contributed by atoms with E-state index in [1.54, 1.807) is 48.8 Å². The number of para-hydroxylation sites is 2. The number of esters is 1. The second kappa shape index (κ2) is 8.06. The Kier molecular flexibility index (Phi) is 5.38. The molecule has 0 aliphatic heterocycles. The Morgan fingerprint density at radius 1 is 1.04 bits per heavy atom. The molecule has 0 unspecified atom stereocenters. The molecule has 1 aromatic heterocycles. The van der Waals surface area contributed by atoms with Crippen molar-refractivity contribution in [1.82, 2.24) is 9.97 Å². The first-order valence-electron chi connectivity index (χ1n) is 8.07. The Morgan fingerprint density at radius 3 is 2.62 bits per heavy atom.